The highest BCUT2D eigenvalue weighted by molar-refractivity contribution is 7.89. The molecular formula is C24H33N5O4S. The molecule has 1 aromatic carbocycles. The van der Waals surface area contributed by atoms with Crippen LogP contribution in [0.2, 0.25) is 0 Å². The Labute approximate surface area is 200 Å². The Bertz CT molecular complexity index is 1160. The lowest BCUT2D eigenvalue weighted by Crippen LogP contribution is -2.56. The van der Waals surface area contributed by atoms with E-state index in [1.807, 2.05) is 24.0 Å². The molecule has 2 fully saturated rings. The first kappa shape index (κ1) is 24.6. The molecule has 0 spiro atoms. The van der Waals surface area contributed by atoms with Crippen molar-refractivity contribution in [2.45, 2.75) is 62.9 Å². The number of hydrogen-bond acceptors (Lipinski definition) is 6. The van der Waals surface area contributed by atoms with Crippen molar-refractivity contribution in [1.82, 2.24) is 24.8 Å². The number of aryl methyl sites for hydroxylation is 1. The molecule has 1 aliphatic carbocycles. The van der Waals surface area contributed by atoms with E-state index in [0.717, 1.165) is 36.6 Å². The number of amides is 3. The number of nitrogens with one attached hydrogen (secondary N) is 2. The van der Waals surface area contributed by atoms with Crippen LogP contribution in [0.15, 0.2) is 35.4 Å². The number of fused-ring (bicyclic) bond motifs is 1. The Morgan fingerprint density at radius 2 is 1.79 bits per heavy atom. The fraction of sp³-hybridized carbons (Fsp3) is 0.542. The number of pyridine rings is 1. The first-order valence-electron chi connectivity index (χ1n) is 12.0. The molecule has 0 radical (unpaired) electrons. The van der Waals surface area contributed by atoms with Crippen molar-refractivity contribution in [2.75, 3.05) is 26.2 Å². The van der Waals surface area contributed by atoms with E-state index in [1.165, 1.54) is 10.7 Å². The Balaban J connectivity index is 1.35. The van der Waals surface area contributed by atoms with Gasteiger partial charge in [-0.2, -0.15) is 4.31 Å². The maximum Gasteiger partial charge on any atom is 0.321 e. The summed E-state index contributed by atoms with van der Waals surface area (Å²) < 4.78 is 28.2. The summed E-state index contributed by atoms with van der Waals surface area (Å²) in [5.41, 5.74) is 1.43. The Kier molecular flexibility index (Phi) is 7.49. The first-order valence-corrected chi connectivity index (χ1v) is 13.4. The fourth-order valence-corrected chi connectivity index (χ4v) is 6.36. The van der Waals surface area contributed by atoms with Gasteiger partial charge in [-0.3, -0.25) is 20.0 Å². The second-order valence-corrected chi connectivity index (χ2v) is 11.2. The minimum atomic E-state index is -3.73. The fourth-order valence-electron chi connectivity index (χ4n) is 4.77. The molecule has 2 aromatic rings. The van der Waals surface area contributed by atoms with Crippen molar-refractivity contribution < 1.29 is 18.0 Å². The molecule has 1 atom stereocenters. The van der Waals surface area contributed by atoms with E-state index in [0.29, 0.717) is 18.6 Å². The van der Waals surface area contributed by atoms with Crippen LogP contribution in [0.25, 0.3) is 10.9 Å². The Morgan fingerprint density at radius 1 is 1.09 bits per heavy atom. The summed E-state index contributed by atoms with van der Waals surface area (Å²) in [6.07, 6.45) is 6.94. The van der Waals surface area contributed by atoms with E-state index in [9.17, 15) is 18.0 Å². The van der Waals surface area contributed by atoms with Gasteiger partial charge in [0.2, 0.25) is 15.9 Å². The number of urea groups is 1. The number of carbonyl (C=O) groups is 2. The summed E-state index contributed by atoms with van der Waals surface area (Å²) in [5, 5.41) is 6.12. The van der Waals surface area contributed by atoms with Crippen LogP contribution in [0.5, 0.6) is 0 Å². The lowest BCUT2D eigenvalue weighted by atomic mass is 9.96. The second kappa shape index (κ2) is 10.4. The number of hydrogen-bond donors (Lipinski definition) is 2. The third-order valence-corrected chi connectivity index (χ3v) is 8.74. The molecule has 10 heteroatoms. The number of para-hydroxylation sites is 1. The minimum Gasteiger partial charge on any atom is -0.335 e. The van der Waals surface area contributed by atoms with Crippen LogP contribution in [0.4, 0.5) is 4.79 Å². The predicted octanol–water partition coefficient (Wildman–Crippen LogP) is 2.40. The average molecular weight is 488 g/mol. The van der Waals surface area contributed by atoms with Crippen LogP contribution in [0, 0.1) is 6.92 Å². The molecule has 4 rings (SSSR count). The molecule has 2 aliphatic rings. The van der Waals surface area contributed by atoms with Gasteiger partial charge in [0.1, 0.15) is 4.90 Å². The first-order chi connectivity index (χ1) is 16.3. The van der Waals surface area contributed by atoms with Crippen LogP contribution < -0.4 is 10.6 Å². The van der Waals surface area contributed by atoms with Crippen molar-refractivity contribution >= 4 is 32.9 Å². The summed E-state index contributed by atoms with van der Waals surface area (Å²) in [7, 11) is -3.73. The van der Waals surface area contributed by atoms with Crippen molar-refractivity contribution in [3.63, 3.8) is 0 Å². The number of nitrogens with zero attached hydrogens (tertiary/aromatic N) is 3. The number of carbonyl (C=O) groups excluding carboxylic acids is 2. The molecular weight excluding hydrogens is 454 g/mol. The molecule has 34 heavy (non-hydrogen) atoms. The number of sulfonamides is 1. The predicted molar refractivity (Wildman–Crippen MR) is 130 cm³/mol. The number of imide groups is 1. The van der Waals surface area contributed by atoms with Crippen LogP contribution in [-0.2, 0) is 14.8 Å². The van der Waals surface area contributed by atoms with Crippen molar-refractivity contribution in [2.24, 2.45) is 0 Å². The topological polar surface area (TPSA) is 112 Å². The van der Waals surface area contributed by atoms with Gasteiger partial charge >= 0.3 is 6.03 Å². The lowest BCUT2D eigenvalue weighted by molar-refractivity contribution is -0.125. The quantitative estimate of drug-likeness (QED) is 0.670. The molecule has 2 N–H and O–H groups in total. The lowest BCUT2D eigenvalue weighted by Gasteiger charge is -2.36. The zero-order valence-corrected chi connectivity index (χ0v) is 20.6. The van der Waals surface area contributed by atoms with Crippen LogP contribution >= 0.6 is 0 Å². The SMILES string of the molecule is Cc1cnc2c(S(=O)(=O)N3CCN(C(C)C(=O)NC(=O)NC4CCCCC4)CC3)cccc2c1. The van der Waals surface area contributed by atoms with Crippen molar-refractivity contribution in [3.8, 4) is 0 Å². The van der Waals surface area contributed by atoms with Gasteiger partial charge in [0.05, 0.1) is 11.6 Å². The van der Waals surface area contributed by atoms with Crippen molar-refractivity contribution in [3.05, 3.63) is 36.0 Å². The second-order valence-electron chi connectivity index (χ2n) is 9.25. The standard InChI is InChI=1S/C24H33N5O4S/c1-17-15-19-7-6-10-21(22(19)25-16-17)34(32,33)29-13-11-28(12-14-29)18(2)23(30)27-24(31)26-20-8-4-3-5-9-20/h6-7,10,15-16,18,20H,3-5,8-9,11-14H2,1-2H3,(H2,26,27,30,31). The molecule has 184 valence electrons. The highest BCUT2D eigenvalue weighted by atomic mass is 32.2. The highest BCUT2D eigenvalue weighted by Gasteiger charge is 2.33. The molecule has 2 heterocycles. The normalized spacial score (nSPS) is 19.6. The van der Waals surface area contributed by atoms with E-state index in [-0.39, 0.29) is 29.9 Å². The van der Waals surface area contributed by atoms with Gasteiger partial charge in [0, 0.05) is 43.8 Å². The van der Waals surface area contributed by atoms with Crippen LogP contribution in [0.3, 0.4) is 0 Å². The van der Waals surface area contributed by atoms with E-state index in [4.69, 9.17) is 0 Å². The van der Waals surface area contributed by atoms with Gasteiger partial charge in [-0.25, -0.2) is 13.2 Å². The molecule has 1 saturated heterocycles. The third kappa shape index (κ3) is 5.39. The van der Waals surface area contributed by atoms with Crippen LogP contribution in [0.1, 0.15) is 44.6 Å². The monoisotopic (exact) mass is 487 g/mol. The highest BCUT2D eigenvalue weighted by Crippen LogP contribution is 2.26. The van der Waals surface area contributed by atoms with Gasteiger partial charge in [0.25, 0.3) is 0 Å². The van der Waals surface area contributed by atoms with Crippen LogP contribution in [-0.4, -0.2) is 72.8 Å². The maximum atomic E-state index is 13.4. The van der Waals surface area contributed by atoms with Gasteiger partial charge in [-0.05, 0) is 44.4 Å². The molecule has 3 amide bonds. The average Bonchev–Trinajstić information content (AvgIpc) is 2.83. The number of piperazine rings is 1. The smallest absolute Gasteiger partial charge is 0.321 e. The summed E-state index contributed by atoms with van der Waals surface area (Å²) in [6, 6.07) is 6.23. The molecule has 1 unspecified atom stereocenters. The van der Waals surface area contributed by atoms with E-state index >= 15 is 0 Å². The Hall–Kier alpha value is -2.56. The van der Waals surface area contributed by atoms with Gasteiger partial charge in [-0.1, -0.05) is 31.4 Å². The molecule has 1 aromatic heterocycles. The summed E-state index contributed by atoms with van der Waals surface area (Å²) in [5.74, 6) is -0.377. The molecule has 0 bridgehead atoms. The zero-order valence-electron chi connectivity index (χ0n) is 19.8. The van der Waals surface area contributed by atoms with Gasteiger partial charge in [-0.15, -0.1) is 0 Å². The van der Waals surface area contributed by atoms with E-state index in [1.54, 1.807) is 25.3 Å². The molecule has 1 aliphatic heterocycles. The number of aromatic nitrogens is 1. The summed E-state index contributed by atoms with van der Waals surface area (Å²) in [6.45, 7) is 4.98. The molecule has 9 nitrogen and oxygen atoms in total. The van der Waals surface area contributed by atoms with E-state index < -0.39 is 22.1 Å². The Morgan fingerprint density at radius 3 is 2.50 bits per heavy atom. The van der Waals surface area contributed by atoms with Gasteiger partial charge < -0.3 is 5.32 Å². The minimum absolute atomic E-state index is 0.123. The zero-order chi connectivity index (χ0) is 24.3. The third-order valence-electron chi connectivity index (χ3n) is 6.81. The summed E-state index contributed by atoms with van der Waals surface area (Å²) in [4.78, 5) is 31.3. The van der Waals surface area contributed by atoms with E-state index in [2.05, 4.69) is 15.6 Å². The summed E-state index contributed by atoms with van der Waals surface area (Å²) >= 11 is 0. The maximum absolute atomic E-state index is 13.4. The number of benzene rings is 1. The number of rotatable bonds is 5. The van der Waals surface area contributed by atoms with Gasteiger partial charge in [0.15, 0.2) is 0 Å². The largest absolute Gasteiger partial charge is 0.335 e. The van der Waals surface area contributed by atoms with Crippen molar-refractivity contribution in [1.29, 1.82) is 0 Å². The molecule has 1 saturated carbocycles.